The number of benzene rings is 1. The van der Waals surface area contributed by atoms with E-state index in [1.807, 2.05) is 23.1 Å². The van der Waals surface area contributed by atoms with Crippen LogP contribution in [0.5, 0.6) is 11.5 Å². The van der Waals surface area contributed by atoms with Crippen molar-refractivity contribution in [3.05, 3.63) is 23.8 Å². The summed E-state index contributed by atoms with van der Waals surface area (Å²) in [5.41, 5.74) is 0.668. The Balaban J connectivity index is 2.15. The summed E-state index contributed by atoms with van der Waals surface area (Å²) in [6, 6.07) is 5.51. The van der Waals surface area contributed by atoms with Gasteiger partial charge in [0.2, 0.25) is 0 Å². The zero-order valence-corrected chi connectivity index (χ0v) is 14.3. The van der Waals surface area contributed by atoms with Crippen LogP contribution in [0.15, 0.2) is 18.2 Å². The third kappa shape index (κ3) is 5.13. The fourth-order valence-electron chi connectivity index (χ4n) is 2.53. The quantitative estimate of drug-likeness (QED) is 0.839. The van der Waals surface area contributed by atoms with Crippen molar-refractivity contribution in [1.29, 1.82) is 0 Å². The second-order valence-electron chi connectivity index (χ2n) is 5.75. The minimum atomic E-state index is 0.0667. The van der Waals surface area contributed by atoms with E-state index < -0.39 is 0 Å². The molecule has 1 heterocycles. The number of rotatable bonds is 7. The Morgan fingerprint density at radius 3 is 2.57 bits per heavy atom. The van der Waals surface area contributed by atoms with Gasteiger partial charge in [0.25, 0.3) is 5.91 Å². The van der Waals surface area contributed by atoms with Gasteiger partial charge in [-0.05, 0) is 44.0 Å². The van der Waals surface area contributed by atoms with Crippen LogP contribution in [0.3, 0.4) is 0 Å². The SMILES string of the molecule is CCCOc1ccc(C(=O)N2CCCNCC2)cc1OCCC. The van der Waals surface area contributed by atoms with Gasteiger partial charge in [0.15, 0.2) is 11.5 Å². The van der Waals surface area contributed by atoms with Crippen LogP contribution in [-0.2, 0) is 0 Å². The summed E-state index contributed by atoms with van der Waals surface area (Å²) in [5.74, 6) is 1.45. The van der Waals surface area contributed by atoms with E-state index in [0.717, 1.165) is 51.2 Å². The van der Waals surface area contributed by atoms with Crippen LogP contribution >= 0.6 is 0 Å². The van der Waals surface area contributed by atoms with E-state index in [1.165, 1.54) is 0 Å². The van der Waals surface area contributed by atoms with Gasteiger partial charge in [0.05, 0.1) is 13.2 Å². The van der Waals surface area contributed by atoms with Crippen LogP contribution in [0, 0.1) is 0 Å². The molecule has 1 aromatic rings. The van der Waals surface area contributed by atoms with Gasteiger partial charge in [0.1, 0.15) is 0 Å². The van der Waals surface area contributed by atoms with Crippen molar-refractivity contribution in [3.8, 4) is 11.5 Å². The molecule has 0 aliphatic carbocycles. The first kappa shape index (κ1) is 17.6. The number of carbonyl (C=O) groups is 1. The first-order chi connectivity index (χ1) is 11.3. The predicted molar refractivity (Wildman–Crippen MR) is 91.4 cm³/mol. The molecule has 1 saturated heterocycles. The summed E-state index contributed by atoms with van der Waals surface area (Å²) in [6.07, 6.45) is 2.85. The number of amides is 1. The van der Waals surface area contributed by atoms with Gasteiger partial charge in [-0.25, -0.2) is 0 Å². The number of nitrogens with one attached hydrogen (secondary N) is 1. The van der Waals surface area contributed by atoms with Crippen molar-refractivity contribution in [3.63, 3.8) is 0 Å². The summed E-state index contributed by atoms with van der Waals surface area (Å²) in [7, 11) is 0. The number of hydrogen-bond acceptors (Lipinski definition) is 4. The Bertz CT molecular complexity index is 497. The van der Waals surface area contributed by atoms with Crippen molar-refractivity contribution in [2.24, 2.45) is 0 Å². The third-order valence-electron chi connectivity index (χ3n) is 3.74. The highest BCUT2D eigenvalue weighted by molar-refractivity contribution is 5.95. The molecule has 1 aliphatic rings. The lowest BCUT2D eigenvalue weighted by Gasteiger charge is -2.21. The van der Waals surface area contributed by atoms with Gasteiger partial charge in [-0.3, -0.25) is 4.79 Å². The fraction of sp³-hybridized carbons (Fsp3) is 0.611. The molecule has 0 unspecified atom stereocenters. The largest absolute Gasteiger partial charge is 0.490 e. The minimum absolute atomic E-state index is 0.0667. The highest BCUT2D eigenvalue weighted by Gasteiger charge is 2.19. The average molecular weight is 320 g/mol. The van der Waals surface area contributed by atoms with E-state index in [4.69, 9.17) is 9.47 Å². The summed E-state index contributed by atoms with van der Waals surface area (Å²) in [4.78, 5) is 14.6. The normalized spacial score (nSPS) is 15.1. The molecule has 1 N–H and O–H groups in total. The van der Waals surface area contributed by atoms with Gasteiger partial charge in [0, 0.05) is 25.2 Å². The lowest BCUT2D eigenvalue weighted by atomic mass is 10.1. The van der Waals surface area contributed by atoms with Crippen LogP contribution < -0.4 is 14.8 Å². The van der Waals surface area contributed by atoms with Crippen molar-refractivity contribution in [1.82, 2.24) is 10.2 Å². The minimum Gasteiger partial charge on any atom is -0.490 e. The van der Waals surface area contributed by atoms with Gasteiger partial charge >= 0.3 is 0 Å². The van der Waals surface area contributed by atoms with Crippen molar-refractivity contribution >= 4 is 5.91 Å². The lowest BCUT2D eigenvalue weighted by molar-refractivity contribution is 0.0766. The van der Waals surface area contributed by atoms with E-state index in [2.05, 4.69) is 19.2 Å². The Morgan fingerprint density at radius 1 is 1.09 bits per heavy atom. The summed E-state index contributed by atoms with van der Waals surface area (Å²) in [6.45, 7) is 8.76. The molecule has 2 rings (SSSR count). The maximum absolute atomic E-state index is 12.7. The molecule has 128 valence electrons. The highest BCUT2D eigenvalue weighted by atomic mass is 16.5. The third-order valence-corrected chi connectivity index (χ3v) is 3.74. The maximum Gasteiger partial charge on any atom is 0.254 e. The number of hydrogen-bond donors (Lipinski definition) is 1. The fourth-order valence-corrected chi connectivity index (χ4v) is 2.53. The van der Waals surface area contributed by atoms with Crippen LogP contribution in [0.4, 0.5) is 0 Å². The highest BCUT2D eigenvalue weighted by Crippen LogP contribution is 2.29. The summed E-state index contributed by atoms with van der Waals surface area (Å²) < 4.78 is 11.5. The Morgan fingerprint density at radius 2 is 1.83 bits per heavy atom. The second-order valence-corrected chi connectivity index (χ2v) is 5.75. The Labute approximate surface area is 139 Å². The van der Waals surface area contributed by atoms with Crippen molar-refractivity contribution < 1.29 is 14.3 Å². The van der Waals surface area contributed by atoms with Crippen LogP contribution in [0.25, 0.3) is 0 Å². The molecule has 23 heavy (non-hydrogen) atoms. The monoisotopic (exact) mass is 320 g/mol. The smallest absolute Gasteiger partial charge is 0.254 e. The molecule has 1 fully saturated rings. The summed E-state index contributed by atoms with van der Waals surface area (Å²) >= 11 is 0. The standard InChI is InChI=1S/C18H28N2O3/c1-3-12-22-16-7-6-15(14-17(16)23-13-4-2)18(21)20-10-5-8-19-9-11-20/h6-7,14,19H,3-5,8-13H2,1-2H3. The van der Waals surface area contributed by atoms with Gasteiger partial charge in [-0.15, -0.1) is 0 Å². The average Bonchev–Trinajstić information content (AvgIpc) is 2.87. The Kier molecular flexibility index (Phi) is 7.20. The van der Waals surface area contributed by atoms with E-state index in [1.54, 1.807) is 0 Å². The predicted octanol–water partition coefficient (Wildman–Crippen LogP) is 2.70. The van der Waals surface area contributed by atoms with Crippen LogP contribution in [0.1, 0.15) is 43.5 Å². The first-order valence-electron chi connectivity index (χ1n) is 8.66. The zero-order valence-electron chi connectivity index (χ0n) is 14.3. The molecular formula is C18H28N2O3. The molecule has 5 heteroatoms. The van der Waals surface area contributed by atoms with E-state index in [0.29, 0.717) is 24.5 Å². The zero-order chi connectivity index (χ0) is 16.5. The Hall–Kier alpha value is -1.75. The number of carbonyl (C=O) groups excluding carboxylic acids is 1. The maximum atomic E-state index is 12.7. The topological polar surface area (TPSA) is 50.8 Å². The van der Waals surface area contributed by atoms with Gasteiger partial charge < -0.3 is 19.7 Å². The van der Waals surface area contributed by atoms with Crippen molar-refractivity contribution in [2.75, 3.05) is 39.4 Å². The number of ether oxygens (including phenoxy) is 2. The molecule has 0 bridgehead atoms. The molecule has 1 amide bonds. The second kappa shape index (κ2) is 9.40. The molecule has 0 spiro atoms. The van der Waals surface area contributed by atoms with E-state index in [9.17, 15) is 4.79 Å². The molecule has 5 nitrogen and oxygen atoms in total. The molecule has 0 saturated carbocycles. The van der Waals surface area contributed by atoms with Gasteiger partial charge in [-0.1, -0.05) is 13.8 Å². The van der Waals surface area contributed by atoms with Crippen molar-refractivity contribution in [2.45, 2.75) is 33.1 Å². The molecule has 1 aromatic carbocycles. The lowest BCUT2D eigenvalue weighted by Crippen LogP contribution is -2.34. The summed E-state index contributed by atoms with van der Waals surface area (Å²) in [5, 5.41) is 3.32. The molecule has 0 aromatic heterocycles. The molecular weight excluding hydrogens is 292 g/mol. The van der Waals surface area contributed by atoms with Crippen LogP contribution in [-0.4, -0.2) is 50.2 Å². The first-order valence-corrected chi connectivity index (χ1v) is 8.66. The van der Waals surface area contributed by atoms with E-state index >= 15 is 0 Å². The van der Waals surface area contributed by atoms with E-state index in [-0.39, 0.29) is 5.91 Å². The number of nitrogens with zero attached hydrogens (tertiary/aromatic N) is 1. The molecule has 0 radical (unpaired) electrons. The van der Waals surface area contributed by atoms with Crippen LogP contribution in [0.2, 0.25) is 0 Å². The molecule has 1 aliphatic heterocycles. The molecule has 0 atom stereocenters. The van der Waals surface area contributed by atoms with Gasteiger partial charge in [-0.2, -0.15) is 0 Å².